The van der Waals surface area contributed by atoms with E-state index in [0.717, 1.165) is 42.2 Å². The number of hydrogen-bond acceptors (Lipinski definition) is 4. The van der Waals surface area contributed by atoms with Crippen molar-refractivity contribution in [2.45, 2.75) is 25.8 Å². The lowest BCUT2D eigenvalue weighted by atomic mass is 10.1. The van der Waals surface area contributed by atoms with Crippen LogP contribution in [0.25, 0.3) is 10.6 Å². The van der Waals surface area contributed by atoms with E-state index in [4.69, 9.17) is 0 Å². The SMILES string of the molecule is CNC1CCCN(C(=O)c2sc(-c3ccc(F)cc3)nc2C)C1.Cl.Cl. The van der Waals surface area contributed by atoms with Crippen LogP contribution in [-0.2, 0) is 0 Å². The van der Waals surface area contributed by atoms with Gasteiger partial charge in [-0.15, -0.1) is 36.2 Å². The maximum absolute atomic E-state index is 13.0. The minimum atomic E-state index is -0.273. The van der Waals surface area contributed by atoms with Crippen molar-refractivity contribution in [1.29, 1.82) is 0 Å². The van der Waals surface area contributed by atoms with Crippen LogP contribution in [0.2, 0.25) is 0 Å². The van der Waals surface area contributed by atoms with Crippen LogP contribution in [0.15, 0.2) is 24.3 Å². The third-order valence-corrected chi connectivity index (χ3v) is 5.39. The van der Waals surface area contributed by atoms with Gasteiger partial charge in [0.25, 0.3) is 5.91 Å². The van der Waals surface area contributed by atoms with E-state index in [1.165, 1.54) is 23.5 Å². The highest BCUT2D eigenvalue weighted by Gasteiger charge is 2.26. The largest absolute Gasteiger partial charge is 0.336 e. The van der Waals surface area contributed by atoms with Crippen molar-refractivity contribution < 1.29 is 9.18 Å². The molecule has 0 aliphatic carbocycles. The summed E-state index contributed by atoms with van der Waals surface area (Å²) in [7, 11) is 1.93. The van der Waals surface area contributed by atoms with Gasteiger partial charge in [-0.1, -0.05) is 0 Å². The molecule has 4 nitrogen and oxygen atoms in total. The quantitative estimate of drug-likeness (QED) is 0.841. The van der Waals surface area contributed by atoms with E-state index in [0.29, 0.717) is 10.9 Å². The number of piperidine rings is 1. The monoisotopic (exact) mass is 405 g/mol. The number of aromatic nitrogens is 1. The molecule has 3 rings (SSSR count). The number of carbonyl (C=O) groups excluding carboxylic acids is 1. The molecule has 1 aliphatic heterocycles. The fraction of sp³-hybridized carbons (Fsp3) is 0.412. The first-order chi connectivity index (χ1) is 11.1. The minimum absolute atomic E-state index is 0. The summed E-state index contributed by atoms with van der Waals surface area (Å²) in [6.07, 6.45) is 2.11. The fourth-order valence-corrected chi connectivity index (χ4v) is 3.89. The summed E-state index contributed by atoms with van der Waals surface area (Å²) in [5, 5.41) is 4.01. The van der Waals surface area contributed by atoms with E-state index in [-0.39, 0.29) is 36.5 Å². The maximum Gasteiger partial charge on any atom is 0.265 e. The van der Waals surface area contributed by atoms with Gasteiger partial charge in [0, 0.05) is 24.7 Å². The molecule has 1 atom stereocenters. The zero-order valence-corrected chi connectivity index (χ0v) is 16.6. The number of carbonyl (C=O) groups is 1. The Kier molecular flexibility index (Phi) is 8.28. The molecule has 0 radical (unpaired) electrons. The maximum atomic E-state index is 13.0. The van der Waals surface area contributed by atoms with Crippen LogP contribution < -0.4 is 5.32 Å². The number of nitrogens with one attached hydrogen (secondary N) is 1. The molecule has 1 unspecified atom stereocenters. The molecule has 0 spiro atoms. The third-order valence-electron chi connectivity index (χ3n) is 4.20. The second-order valence-corrected chi connectivity index (χ2v) is 6.82. The summed E-state index contributed by atoms with van der Waals surface area (Å²) in [6, 6.07) is 6.57. The molecular weight excluding hydrogens is 384 g/mol. The molecule has 25 heavy (non-hydrogen) atoms. The average molecular weight is 406 g/mol. The van der Waals surface area contributed by atoms with Crippen LogP contribution in [0.1, 0.15) is 28.2 Å². The van der Waals surface area contributed by atoms with Crippen molar-refractivity contribution in [2.24, 2.45) is 0 Å². The normalized spacial score (nSPS) is 16.8. The number of halogens is 3. The minimum Gasteiger partial charge on any atom is -0.336 e. The lowest BCUT2D eigenvalue weighted by Crippen LogP contribution is -2.46. The molecule has 1 aromatic carbocycles. The van der Waals surface area contributed by atoms with Crippen molar-refractivity contribution >= 4 is 42.1 Å². The van der Waals surface area contributed by atoms with Crippen LogP contribution >= 0.6 is 36.2 Å². The van der Waals surface area contributed by atoms with Crippen LogP contribution in [0.3, 0.4) is 0 Å². The molecule has 8 heteroatoms. The Morgan fingerprint density at radius 1 is 1.32 bits per heavy atom. The molecule has 1 aromatic heterocycles. The van der Waals surface area contributed by atoms with E-state index < -0.39 is 0 Å². The zero-order valence-electron chi connectivity index (χ0n) is 14.1. The third kappa shape index (κ3) is 4.91. The molecule has 1 saturated heterocycles. The lowest BCUT2D eigenvalue weighted by molar-refractivity contribution is 0.0702. The number of rotatable bonds is 3. The first-order valence-corrected chi connectivity index (χ1v) is 8.60. The second kappa shape index (κ2) is 9.48. The average Bonchev–Trinajstić information content (AvgIpc) is 2.96. The topological polar surface area (TPSA) is 45.2 Å². The van der Waals surface area contributed by atoms with Gasteiger partial charge in [-0.3, -0.25) is 4.79 Å². The zero-order chi connectivity index (χ0) is 16.4. The predicted octanol–water partition coefficient (Wildman–Crippen LogP) is 3.93. The van der Waals surface area contributed by atoms with Crippen molar-refractivity contribution in [2.75, 3.05) is 20.1 Å². The molecule has 2 heterocycles. The van der Waals surface area contributed by atoms with Gasteiger partial charge in [-0.05, 0) is 51.1 Å². The van der Waals surface area contributed by atoms with Crippen molar-refractivity contribution in [3.05, 3.63) is 40.7 Å². The molecule has 1 aliphatic rings. The number of benzene rings is 1. The number of amides is 1. The van der Waals surface area contributed by atoms with E-state index in [1.54, 1.807) is 12.1 Å². The molecule has 2 aromatic rings. The molecule has 0 saturated carbocycles. The van der Waals surface area contributed by atoms with Crippen LogP contribution in [-0.4, -0.2) is 42.0 Å². The highest BCUT2D eigenvalue weighted by atomic mass is 35.5. The molecule has 138 valence electrons. The Morgan fingerprint density at radius 3 is 2.64 bits per heavy atom. The van der Waals surface area contributed by atoms with Crippen LogP contribution in [0, 0.1) is 12.7 Å². The van der Waals surface area contributed by atoms with Gasteiger partial charge in [0.15, 0.2) is 0 Å². The van der Waals surface area contributed by atoms with Gasteiger partial charge in [0.2, 0.25) is 0 Å². The predicted molar refractivity (Wildman–Crippen MR) is 105 cm³/mol. The lowest BCUT2D eigenvalue weighted by Gasteiger charge is -2.32. The van der Waals surface area contributed by atoms with Gasteiger partial charge in [-0.2, -0.15) is 0 Å². The van der Waals surface area contributed by atoms with Gasteiger partial charge >= 0.3 is 0 Å². The number of likely N-dealkylation sites (N-methyl/N-ethyl adjacent to an activating group) is 1. The highest BCUT2D eigenvalue weighted by Crippen LogP contribution is 2.29. The van der Waals surface area contributed by atoms with E-state index in [9.17, 15) is 9.18 Å². The summed E-state index contributed by atoms with van der Waals surface area (Å²) in [5.74, 6) is -0.224. The van der Waals surface area contributed by atoms with Crippen LogP contribution in [0.5, 0.6) is 0 Å². The van der Waals surface area contributed by atoms with Gasteiger partial charge in [0.05, 0.1) is 5.69 Å². The van der Waals surface area contributed by atoms with Crippen molar-refractivity contribution in [3.8, 4) is 10.6 Å². The highest BCUT2D eigenvalue weighted by molar-refractivity contribution is 7.17. The molecule has 1 N–H and O–H groups in total. The van der Waals surface area contributed by atoms with E-state index >= 15 is 0 Å². The Morgan fingerprint density at radius 2 is 2.00 bits per heavy atom. The Balaban J connectivity index is 0.00000156. The second-order valence-electron chi connectivity index (χ2n) is 5.82. The number of aryl methyl sites for hydroxylation is 1. The standard InChI is InChI=1S/C17H20FN3OS.2ClH/c1-11-15(17(22)21-9-3-4-14(10-21)19-2)23-16(20-11)12-5-7-13(18)8-6-12;;/h5-8,14,19H,3-4,9-10H2,1-2H3;2*1H. The van der Waals surface area contributed by atoms with Crippen LogP contribution in [0.4, 0.5) is 4.39 Å². The summed E-state index contributed by atoms with van der Waals surface area (Å²) in [5.41, 5.74) is 1.58. The molecule has 0 bridgehead atoms. The smallest absolute Gasteiger partial charge is 0.265 e. The molecular formula is C17H22Cl2FN3OS. The number of likely N-dealkylation sites (tertiary alicyclic amines) is 1. The summed E-state index contributed by atoms with van der Waals surface area (Å²) < 4.78 is 13.0. The van der Waals surface area contributed by atoms with Gasteiger partial charge in [-0.25, -0.2) is 9.37 Å². The Labute approximate surface area is 163 Å². The van der Waals surface area contributed by atoms with Gasteiger partial charge in [0.1, 0.15) is 15.7 Å². The summed E-state index contributed by atoms with van der Waals surface area (Å²) in [4.78, 5) is 19.9. The van der Waals surface area contributed by atoms with Gasteiger partial charge < -0.3 is 10.2 Å². The Bertz CT molecular complexity index is 708. The van der Waals surface area contributed by atoms with E-state index in [2.05, 4.69) is 10.3 Å². The van der Waals surface area contributed by atoms with E-state index in [1.807, 2.05) is 18.9 Å². The molecule has 1 fully saturated rings. The Hall–Kier alpha value is -1.21. The summed E-state index contributed by atoms with van der Waals surface area (Å²) in [6.45, 7) is 3.38. The number of nitrogens with zero attached hydrogens (tertiary/aromatic N) is 2. The van der Waals surface area contributed by atoms with Crippen molar-refractivity contribution in [1.82, 2.24) is 15.2 Å². The summed E-state index contributed by atoms with van der Waals surface area (Å²) >= 11 is 1.38. The molecule has 1 amide bonds. The first kappa shape index (κ1) is 21.8. The van der Waals surface area contributed by atoms with Crippen molar-refractivity contribution in [3.63, 3.8) is 0 Å². The number of hydrogen-bond donors (Lipinski definition) is 1. The number of thiazole rings is 1. The fourth-order valence-electron chi connectivity index (χ4n) is 2.85. The first-order valence-electron chi connectivity index (χ1n) is 7.78.